The summed E-state index contributed by atoms with van der Waals surface area (Å²) in [5.41, 5.74) is 12.4. The number of aromatic nitrogens is 1. The zero-order valence-electron chi connectivity index (χ0n) is 34.0. The monoisotopic (exact) mass is 960 g/mol. The number of rotatable bonds is 15. The standard InChI is InChI=1S/C26H26N2O6S.C12H14N6O10S2/c1-26(2)20(24(31)32)28-22(30)19(23(28)35-26)27-21(29)18(15-7-4-3-5-8-15)25(33)34-17-12-11-14-9-6-10-16(14)13-17;13-11-15-4(3-29-11)7(17-28-2-6(19)20)9(21)16-8-5(1-27-12(14)23)18(10(8)22)30(24,25)26/h3-5,7-8,11-13,18-20,23H,6,9-10H2,1-2H3,(H,27,29)(H,31,32);3,5,8H,1-2H2,(H2,13,15)(H2,14,23)(H,16,21)(H,19,20)(H,24,25,26)/b;17-7-/t18?,19-,20+,23-;5-,8+/m11/s1. The summed E-state index contributed by atoms with van der Waals surface area (Å²) in [7, 11) is -5.02. The fourth-order valence-corrected chi connectivity index (χ4v) is 10.5. The number of oxime groups is 1. The number of carbonyl (C=O) groups is 8. The molecule has 3 saturated heterocycles. The van der Waals surface area contributed by atoms with Gasteiger partial charge in [-0.3, -0.25) is 28.5 Å². The van der Waals surface area contributed by atoms with Gasteiger partial charge in [-0.05, 0) is 61.9 Å². The number of amides is 5. The molecule has 4 aliphatic rings. The smallest absolute Gasteiger partial charge is 0.404 e. The Morgan fingerprint density at radius 1 is 1.00 bits per heavy atom. The minimum atomic E-state index is -5.02. The molecule has 3 aliphatic heterocycles. The normalized spacial score (nSPS) is 22.1. The van der Waals surface area contributed by atoms with Crippen molar-refractivity contribution in [2.24, 2.45) is 10.9 Å². The molecule has 3 fully saturated rings. The van der Waals surface area contributed by atoms with Gasteiger partial charge in [-0.2, -0.15) is 8.42 Å². The van der Waals surface area contributed by atoms with Crippen LogP contribution in [0.5, 0.6) is 5.75 Å². The molecular formula is C38H40N8O16S3. The molecule has 9 N–H and O–H groups in total. The summed E-state index contributed by atoms with van der Waals surface area (Å²) in [5, 5.41) is 27.2. The summed E-state index contributed by atoms with van der Waals surface area (Å²) in [6.45, 7) is 1.87. The van der Waals surface area contributed by atoms with E-state index in [9.17, 15) is 51.9 Å². The predicted molar refractivity (Wildman–Crippen MR) is 225 cm³/mol. The van der Waals surface area contributed by atoms with Crippen LogP contribution in [0.3, 0.4) is 0 Å². The molecule has 24 nitrogen and oxygen atoms in total. The van der Waals surface area contributed by atoms with Crippen LogP contribution in [0.2, 0.25) is 0 Å². The van der Waals surface area contributed by atoms with Crippen molar-refractivity contribution in [3.05, 3.63) is 76.3 Å². The molecule has 1 aliphatic carbocycles. The molecule has 1 aromatic heterocycles. The molecule has 27 heteroatoms. The summed E-state index contributed by atoms with van der Waals surface area (Å²) < 4.78 is 41.1. The van der Waals surface area contributed by atoms with Crippen LogP contribution in [0.25, 0.3) is 0 Å². The van der Waals surface area contributed by atoms with Gasteiger partial charge in [0, 0.05) is 10.1 Å². The second-order valence-electron chi connectivity index (χ2n) is 15.1. The first-order chi connectivity index (χ1) is 30.6. The molecule has 6 atom stereocenters. The number of nitrogens with one attached hydrogen (secondary N) is 2. The number of thioether (sulfide) groups is 1. The number of primary amides is 1. The molecule has 0 spiro atoms. The van der Waals surface area contributed by atoms with Crippen LogP contribution in [0, 0.1) is 0 Å². The molecule has 4 heterocycles. The number of carboxylic acids is 2. The van der Waals surface area contributed by atoms with Crippen LogP contribution < -0.4 is 26.8 Å². The summed E-state index contributed by atoms with van der Waals surface area (Å²) in [5.74, 6) is -7.59. The molecule has 0 saturated carbocycles. The Kier molecular flexibility index (Phi) is 14.0. The second-order valence-corrected chi connectivity index (χ2v) is 19.0. The molecular weight excluding hydrogens is 921 g/mol. The number of esters is 1. The maximum absolute atomic E-state index is 13.4. The van der Waals surface area contributed by atoms with Crippen molar-refractivity contribution in [1.82, 2.24) is 24.8 Å². The molecule has 7 rings (SSSR count). The Hall–Kier alpha value is -6.84. The van der Waals surface area contributed by atoms with Gasteiger partial charge in [0.2, 0.25) is 18.4 Å². The average molecular weight is 961 g/mol. The first-order valence-electron chi connectivity index (χ1n) is 19.2. The van der Waals surface area contributed by atoms with Gasteiger partial charge in [-0.25, -0.2) is 23.7 Å². The first kappa shape index (κ1) is 47.6. The minimum absolute atomic E-state index is 0.0144. The lowest BCUT2D eigenvalue weighted by atomic mass is 9.94. The van der Waals surface area contributed by atoms with Gasteiger partial charge in [-0.1, -0.05) is 41.6 Å². The maximum Gasteiger partial charge on any atom is 0.404 e. The summed E-state index contributed by atoms with van der Waals surface area (Å²) >= 11 is 2.25. The van der Waals surface area contributed by atoms with Gasteiger partial charge < -0.3 is 51.5 Å². The molecule has 65 heavy (non-hydrogen) atoms. The van der Waals surface area contributed by atoms with Crippen molar-refractivity contribution in [2.45, 2.75) is 73.3 Å². The van der Waals surface area contributed by atoms with Gasteiger partial charge in [0.15, 0.2) is 16.8 Å². The number of nitrogen functional groups attached to an aromatic ring is 1. The maximum atomic E-state index is 13.4. The van der Waals surface area contributed by atoms with Crippen LogP contribution in [-0.2, 0) is 66.3 Å². The third-order valence-electron chi connectivity index (χ3n) is 10.3. The number of anilines is 1. The number of nitrogens with zero attached hydrogens (tertiary/aromatic N) is 4. The lowest BCUT2D eigenvalue weighted by Crippen LogP contribution is -2.73. The fourth-order valence-electron chi connectivity index (χ4n) is 7.46. The average Bonchev–Trinajstić information content (AvgIpc) is 3.94. The highest BCUT2D eigenvalue weighted by atomic mass is 32.2. The Bertz CT molecular complexity index is 2570. The number of hydrogen-bond acceptors (Lipinski definition) is 18. The Balaban J connectivity index is 0.000000219. The van der Waals surface area contributed by atoms with Gasteiger partial charge in [0.1, 0.15) is 47.6 Å². The van der Waals surface area contributed by atoms with Crippen molar-refractivity contribution < 1.29 is 75.9 Å². The van der Waals surface area contributed by atoms with Crippen molar-refractivity contribution in [3.63, 3.8) is 0 Å². The number of nitrogens with two attached hydrogens (primary N) is 2. The molecule has 2 aromatic carbocycles. The van der Waals surface area contributed by atoms with Gasteiger partial charge >= 0.3 is 34.3 Å². The summed E-state index contributed by atoms with van der Waals surface area (Å²) in [6, 6.07) is 9.11. The minimum Gasteiger partial charge on any atom is -0.480 e. The van der Waals surface area contributed by atoms with E-state index in [1.54, 1.807) is 50.2 Å². The van der Waals surface area contributed by atoms with E-state index < -0.39 is 117 Å². The topological polar surface area (TPSA) is 367 Å². The number of thiazole rings is 1. The molecule has 5 amide bonds. The van der Waals surface area contributed by atoms with E-state index in [-0.39, 0.29) is 15.1 Å². The Morgan fingerprint density at radius 2 is 1.69 bits per heavy atom. The van der Waals surface area contributed by atoms with Crippen LogP contribution in [0.15, 0.2) is 59.1 Å². The van der Waals surface area contributed by atoms with E-state index in [4.69, 9.17) is 25.9 Å². The van der Waals surface area contributed by atoms with E-state index in [2.05, 4.69) is 30.3 Å². The highest BCUT2D eigenvalue weighted by Crippen LogP contribution is 2.51. The number of benzene rings is 2. The van der Waals surface area contributed by atoms with Crippen LogP contribution in [-0.4, -0.2) is 138 Å². The van der Waals surface area contributed by atoms with E-state index in [1.165, 1.54) is 27.6 Å². The number of hydrogen-bond donors (Lipinski definition) is 7. The van der Waals surface area contributed by atoms with Crippen LogP contribution in [0.4, 0.5) is 9.93 Å². The van der Waals surface area contributed by atoms with E-state index in [0.29, 0.717) is 11.3 Å². The third-order valence-corrected chi connectivity index (χ3v) is 13.5. The highest BCUT2D eigenvalue weighted by Gasteiger charge is 2.64. The van der Waals surface area contributed by atoms with E-state index >= 15 is 0 Å². The number of fused-ring (bicyclic) bond motifs is 2. The van der Waals surface area contributed by atoms with E-state index in [0.717, 1.165) is 36.2 Å². The van der Waals surface area contributed by atoms with E-state index in [1.807, 2.05) is 12.1 Å². The predicted octanol–water partition coefficient (Wildman–Crippen LogP) is -0.379. The SMILES string of the molecule is CC1(C)S[C@@H]2[C@H](NC(=O)C(C(=O)Oc3ccc4c(c3)CCC4)c3ccccc3)C(=O)N2[C@H]1C(=O)O.NC(=O)OC[C@@H]1[C@H](NC(=O)/C(=N\OCC(=O)O)c2csc(N)n2)C(=O)N1S(=O)(=O)O. The fraction of sp³-hybridized carbons (Fsp3) is 0.368. The highest BCUT2D eigenvalue weighted by molar-refractivity contribution is 8.01. The lowest BCUT2D eigenvalue weighted by Gasteiger charge is -2.43. The molecule has 1 unspecified atom stereocenters. The lowest BCUT2D eigenvalue weighted by molar-refractivity contribution is -0.161. The molecule has 346 valence electrons. The zero-order chi connectivity index (χ0) is 47.5. The third kappa shape index (κ3) is 10.4. The van der Waals surface area contributed by atoms with Crippen molar-refractivity contribution >= 4 is 91.9 Å². The molecule has 3 aromatic rings. The largest absolute Gasteiger partial charge is 0.480 e. The Morgan fingerprint density at radius 3 is 2.31 bits per heavy atom. The number of carbonyl (C=O) groups excluding carboxylic acids is 6. The summed E-state index contributed by atoms with van der Waals surface area (Å²) in [6.07, 6.45) is 1.70. The van der Waals surface area contributed by atoms with Crippen molar-refractivity contribution in [2.75, 3.05) is 18.9 Å². The zero-order valence-corrected chi connectivity index (χ0v) is 36.5. The quantitative estimate of drug-likeness (QED) is 0.0194. The number of aliphatic carboxylic acids is 2. The number of ether oxygens (including phenoxy) is 2. The van der Waals surface area contributed by atoms with Crippen LogP contribution >= 0.6 is 23.1 Å². The Labute approximate surface area is 376 Å². The first-order valence-corrected chi connectivity index (χ1v) is 22.3. The van der Waals surface area contributed by atoms with Crippen molar-refractivity contribution in [1.29, 1.82) is 0 Å². The summed E-state index contributed by atoms with van der Waals surface area (Å²) in [4.78, 5) is 107. The van der Waals surface area contributed by atoms with Crippen LogP contribution in [0.1, 0.15) is 48.6 Å². The van der Waals surface area contributed by atoms with Crippen molar-refractivity contribution in [3.8, 4) is 5.75 Å². The number of aryl methyl sites for hydroxylation is 2. The van der Waals surface area contributed by atoms with Gasteiger partial charge in [0.25, 0.3) is 11.8 Å². The van der Waals surface area contributed by atoms with Gasteiger partial charge in [-0.15, -0.1) is 23.1 Å². The molecule has 0 bridgehead atoms. The molecule has 0 radical (unpaired) electrons. The number of carboxylic acid groups (broad SMARTS) is 2. The second kappa shape index (κ2) is 19.1. The van der Waals surface area contributed by atoms with Gasteiger partial charge in [0.05, 0.1) is 0 Å². The number of β-lactam (4-membered cyclic amide) rings is 2.